The molecule has 0 unspecified atom stereocenters. The number of ether oxygens (including phenoxy) is 1. The highest BCUT2D eigenvalue weighted by Gasteiger charge is 2.18. The molecule has 0 aliphatic heterocycles. The Balaban J connectivity index is 3.43. The minimum absolute atomic E-state index is 0.291. The number of esters is 2. The number of unbranched alkanes of at least 4 members (excludes halogenated alkanes) is 12. The fourth-order valence-electron chi connectivity index (χ4n) is 3.21. The van der Waals surface area contributed by atoms with E-state index in [0.717, 1.165) is 38.5 Å². The fourth-order valence-corrected chi connectivity index (χ4v) is 3.21. The lowest BCUT2D eigenvalue weighted by atomic mass is 10.1. The highest BCUT2D eigenvalue weighted by Crippen LogP contribution is 2.10. The van der Waals surface area contributed by atoms with Crippen LogP contribution in [0.25, 0.3) is 0 Å². The van der Waals surface area contributed by atoms with Crippen LogP contribution in [0.2, 0.25) is 0 Å². The molecular weight excluding hydrogens is 364 g/mol. The number of carbonyl (C=O) groups is 2. The van der Waals surface area contributed by atoms with Crippen LogP contribution in [0, 0.1) is 0 Å². The molecule has 0 saturated heterocycles. The SMILES string of the molecule is CCCCCCCC/C=C\CCCCCCCC(=O)OC(=O)[C@@H](N)CCCCN. The average Bonchev–Trinajstić information content (AvgIpc) is 2.70. The van der Waals surface area contributed by atoms with Crippen LogP contribution in [-0.4, -0.2) is 24.5 Å². The van der Waals surface area contributed by atoms with E-state index in [1.54, 1.807) is 0 Å². The highest BCUT2D eigenvalue weighted by atomic mass is 16.6. The van der Waals surface area contributed by atoms with Gasteiger partial charge < -0.3 is 16.2 Å². The summed E-state index contributed by atoms with van der Waals surface area (Å²) in [5, 5.41) is 0. The highest BCUT2D eigenvalue weighted by molar-refractivity contribution is 5.88. The van der Waals surface area contributed by atoms with Gasteiger partial charge in [-0.2, -0.15) is 0 Å². The molecule has 0 aromatic carbocycles. The Bertz CT molecular complexity index is 424. The van der Waals surface area contributed by atoms with Crippen molar-refractivity contribution in [2.45, 2.75) is 122 Å². The summed E-state index contributed by atoms with van der Waals surface area (Å²) < 4.78 is 4.82. The van der Waals surface area contributed by atoms with Crippen molar-refractivity contribution in [3.8, 4) is 0 Å². The van der Waals surface area contributed by atoms with Crippen molar-refractivity contribution in [2.75, 3.05) is 6.54 Å². The molecule has 0 aliphatic rings. The molecule has 5 heteroatoms. The number of allylic oxidation sites excluding steroid dienone is 2. The molecule has 0 aromatic heterocycles. The maximum absolute atomic E-state index is 11.7. The van der Waals surface area contributed by atoms with E-state index in [2.05, 4.69) is 19.1 Å². The van der Waals surface area contributed by atoms with Crippen LogP contribution in [-0.2, 0) is 14.3 Å². The number of nitrogens with two attached hydrogens (primary N) is 2. The zero-order valence-electron chi connectivity index (χ0n) is 18.8. The van der Waals surface area contributed by atoms with Gasteiger partial charge in [0.2, 0.25) is 0 Å². The first-order valence-corrected chi connectivity index (χ1v) is 12.0. The summed E-state index contributed by atoms with van der Waals surface area (Å²) in [6.45, 7) is 2.83. The van der Waals surface area contributed by atoms with E-state index in [1.807, 2.05) is 0 Å². The smallest absolute Gasteiger partial charge is 0.330 e. The van der Waals surface area contributed by atoms with Gasteiger partial charge in [0.15, 0.2) is 0 Å². The van der Waals surface area contributed by atoms with E-state index in [0.29, 0.717) is 19.4 Å². The van der Waals surface area contributed by atoms with E-state index in [9.17, 15) is 9.59 Å². The maximum atomic E-state index is 11.7. The van der Waals surface area contributed by atoms with Crippen molar-refractivity contribution in [1.29, 1.82) is 0 Å². The summed E-state index contributed by atoms with van der Waals surface area (Å²) in [7, 11) is 0. The molecule has 0 rings (SSSR count). The van der Waals surface area contributed by atoms with Crippen LogP contribution >= 0.6 is 0 Å². The zero-order valence-corrected chi connectivity index (χ0v) is 18.8. The predicted molar refractivity (Wildman–Crippen MR) is 121 cm³/mol. The minimum Gasteiger partial charge on any atom is -0.392 e. The number of hydrogen-bond acceptors (Lipinski definition) is 5. The van der Waals surface area contributed by atoms with Crippen molar-refractivity contribution in [3.05, 3.63) is 12.2 Å². The van der Waals surface area contributed by atoms with Crippen LogP contribution in [0.15, 0.2) is 12.2 Å². The van der Waals surface area contributed by atoms with E-state index in [-0.39, 0.29) is 0 Å². The van der Waals surface area contributed by atoms with Crippen molar-refractivity contribution in [2.24, 2.45) is 11.5 Å². The Morgan fingerprint density at radius 3 is 1.93 bits per heavy atom. The molecule has 170 valence electrons. The zero-order chi connectivity index (χ0) is 21.6. The van der Waals surface area contributed by atoms with E-state index in [1.165, 1.54) is 57.8 Å². The Morgan fingerprint density at radius 1 is 0.793 bits per heavy atom. The van der Waals surface area contributed by atoms with Crippen LogP contribution in [0.3, 0.4) is 0 Å². The fraction of sp³-hybridized carbons (Fsp3) is 0.833. The molecule has 5 nitrogen and oxygen atoms in total. The van der Waals surface area contributed by atoms with Crippen molar-refractivity contribution in [1.82, 2.24) is 0 Å². The van der Waals surface area contributed by atoms with E-state index >= 15 is 0 Å². The van der Waals surface area contributed by atoms with Gasteiger partial charge in [0, 0.05) is 6.42 Å². The Hall–Kier alpha value is -1.20. The van der Waals surface area contributed by atoms with Gasteiger partial charge in [-0.25, -0.2) is 4.79 Å². The first-order chi connectivity index (χ1) is 14.1. The molecule has 4 N–H and O–H groups in total. The topological polar surface area (TPSA) is 95.4 Å². The first kappa shape index (κ1) is 27.8. The normalized spacial score (nSPS) is 12.4. The summed E-state index contributed by atoms with van der Waals surface area (Å²) in [5.74, 6) is -1.07. The molecule has 0 spiro atoms. The number of carbonyl (C=O) groups excluding carboxylic acids is 2. The van der Waals surface area contributed by atoms with Gasteiger partial charge in [-0.3, -0.25) is 4.79 Å². The van der Waals surface area contributed by atoms with Gasteiger partial charge in [-0.15, -0.1) is 0 Å². The van der Waals surface area contributed by atoms with Gasteiger partial charge in [0.05, 0.1) is 0 Å². The largest absolute Gasteiger partial charge is 0.392 e. The molecule has 0 radical (unpaired) electrons. The molecule has 29 heavy (non-hydrogen) atoms. The van der Waals surface area contributed by atoms with Crippen LogP contribution < -0.4 is 11.5 Å². The minimum atomic E-state index is -0.723. The third-order valence-electron chi connectivity index (χ3n) is 5.13. The third-order valence-corrected chi connectivity index (χ3v) is 5.13. The molecule has 0 aromatic rings. The molecule has 0 bridgehead atoms. The van der Waals surface area contributed by atoms with Gasteiger partial charge in [-0.1, -0.05) is 76.9 Å². The van der Waals surface area contributed by atoms with Gasteiger partial charge in [0.1, 0.15) is 6.04 Å². The number of hydrogen-bond donors (Lipinski definition) is 2. The van der Waals surface area contributed by atoms with E-state index < -0.39 is 18.0 Å². The molecule has 0 amide bonds. The maximum Gasteiger partial charge on any atom is 0.330 e. The summed E-state index contributed by atoms with van der Waals surface area (Å²) in [5.41, 5.74) is 11.1. The lowest BCUT2D eigenvalue weighted by Crippen LogP contribution is -2.33. The van der Waals surface area contributed by atoms with E-state index in [4.69, 9.17) is 16.2 Å². The Morgan fingerprint density at radius 2 is 1.34 bits per heavy atom. The summed E-state index contributed by atoms with van der Waals surface area (Å²) in [4.78, 5) is 23.4. The molecule has 0 saturated carbocycles. The van der Waals surface area contributed by atoms with Gasteiger partial charge in [-0.05, 0) is 51.5 Å². The summed E-state index contributed by atoms with van der Waals surface area (Å²) >= 11 is 0. The lowest BCUT2D eigenvalue weighted by molar-refractivity contribution is -0.160. The second-order valence-electron chi connectivity index (χ2n) is 8.02. The average molecular weight is 411 g/mol. The van der Waals surface area contributed by atoms with Crippen molar-refractivity contribution < 1.29 is 14.3 Å². The summed E-state index contributed by atoms with van der Waals surface area (Å²) in [6.07, 6.45) is 22.8. The van der Waals surface area contributed by atoms with Crippen LogP contribution in [0.4, 0.5) is 0 Å². The standard InChI is InChI=1S/C24H46N2O3/c1-2-3-4-5-6-7-8-9-10-11-12-13-14-15-16-20-23(27)29-24(28)22(26)19-17-18-21-25/h9-10,22H,2-8,11-21,25-26H2,1H3/b10-9-/t22-/m0/s1. The van der Waals surface area contributed by atoms with Crippen molar-refractivity contribution in [3.63, 3.8) is 0 Å². The van der Waals surface area contributed by atoms with Crippen molar-refractivity contribution >= 4 is 11.9 Å². The van der Waals surface area contributed by atoms with Gasteiger partial charge >= 0.3 is 11.9 Å². The van der Waals surface area contributed by atoms with Crippen LogP contribution in [0.1, 0.15) is 116 Å². The quantitative estimate of drug-likeness (QED) is 0.119. The second-order valence-corrected chi connectivity index (χ2v) is 8.02. The Kier molecular flexibility index (Phi) is 20.6. The summed E-state index contributed by atoms with van der Waals surface area (Å²) in [6, 6.07) is -0.723. The molecule has 0 fully saturated rings. The second kappa shape index (κ2) is 21.5. The number of rotatable bonds is 20. The predicted octanol–water partition coefficient (Wildman–Crippen LogP) is 5.55. The molecule has 1 atom stereocenters. The lowest BCUT2D eigenvalue weighted by Gasteiger charge is -2.09. The first-order valence-electron chi connectivity index (χ1n) is 12.0. The third kappa shape index (κ3) is 19.9. The molecule has 0 heterocycles. The van der Waals surface area contributed by atoms with Gasteiger partial charge in [0.25, 0.3) is 0 Å². The monoisotopic (exact) mass is 410 g/mol. The molecular formula is C24H46N2O3. The Labute approximate surface area is 179 Å². The molecule has 0 aliphatic carbocycles. The van der Waals surface area contributed by atoms with Crippen LogP contribution in [0.5, 0.6) is 0 Å².